The number of aromatic nitrogens is 6. The van der Waals surface area contributed by atoms with Crippen LogP contribution in [0.3, 0.4) is 0 Å². The number of nitrogens with zero attached hydrogens (tertiary/aromatic N) is 6. The van der Waals surface area contributed by atoms with Crippen LogP contribution in [0.4, 0.5) is 0 Å². The zero-order valence-electron chi connectivity index (χ0n) is 26.8. The summed E-state index contributed by atoms with van der Waals surface area (Å²) in [5.74, 6) is 2.43. The van der Waals surface area contributed by atoms with Crippen LogP contribution in [0.5, 0.6) is 0 Å². The molecule has 4 aromatic rings. The second-order valence-electron chi connectivity index (χ2n) is 14.1. The number of allylic oxidation sites excluding steroid dienone is 4. The van der Waals surface area contributed by atoms with Gasteiger partial charge in [-0.25, -0.2) is 9.97 Å². The number of ether oxygens (including phenoxy) is 2. The summed E-state index contributed by atoms with van der Waals surface area (Å²) < 4.78 is 15.7. The Labute approximate surface area is 277 Å². The van der Waals surface area contributed by atoms with E-state index in [0.717, 1.165) is 89.3 Å². The molecule has 3 saturated heterocycles. The first-order chi connectivity index (χ1) is 22.8. The van der Waals surface area contributed by atoms with E-state index in [1.165, 1.54) is 77.4 Å². The Hall–Kier alpha value is -3.40. The minimum absolute atomic E-state index is 0. The number of hydrogen-bond donors (Lipinski definition) is 1. The van der Waals surface area contributed by atoms with Gasteiger partial charge in [-0.05, 0) is 74.5 Å². The molecule has 0 bridgehead atoms. The van der Waals surface area contributed by atoms with Crippen molar-refractivity contribution >= 4 is 22.4 Å². The Bertz CT molecular complexity index is 1660. The molecular weight excluding hydrogens is 586 g/mol. The zero-order valence-corrected chi connectivity index (χ0v) is 26.8. The Balaban J connectivity index is 0.000000135. The second kappa shape index (κ2) is 13.2. The highest BCUT2D eigenvalue weighted by Crippen LogP contribution is 2.40. The summed E-state index contributed by atoms with van der Waals surface area (Å²) in [6.07, 6.45) is 26.1. The third-order valence-electron chi connectivity index (χ3n) is 11.4. The van der Waals surface area contributed by atoms with Crippen molar-refractivity contribution in [3.8, 4) is 0 Å². The molecule has 7 heterocycles. The molecule has 1 N–H and O–H groups in total. The van der Waals surface area contributed by atoms with Crippen LogP contribution in [0.25, 0.3) is 22.4 Å². The van der Waals surface area contributed by atoms with Gasteiger partial charge < -0.3 is 14.8 Å². The Morgan fingerprint density at radius 1 is 0.617 bits per heavy atom. The lowest BCUT2D eigenvalue weighted by Crippen LogP contribution is -2.17. The van der Waals surface area contributed by atoms with Crippen LogP contribution in [0.15, 0.2) is 36.9 Å². The van der Waals surface area contributed by atoms with Gasteiger partial charge in [0, 0.05) is 70.0 Å². The summed E-state index contributed by atoms with van der Waals surface area (Å²) in [6.45, 7) is 5.67. The first-order valence-electron chi connectivity index (χ1n) is 17.8. The summed E-state index contributed by atoms with van der Waals surface area (Å²) >= 11 is 0. The molecule has 4 fully saturated rings. The predicted molar refractivity (Wildman–Crippen MR) is 185 cm³/mol. The van der Waals surface area contributed by atoms with E-state index in [-0.39, 0.29) is 7.43 Å². The number of imidazole rings is 2. The van der Waals surface area contributed by atoms with Crippen LogP contribution in [-0.4, -0.2) is 68.3 Å². The van der Waals surface area contributed by atoms with Crippen LogP contribution in [0.2, 0.25) is 0 Å². The quantitative estimate of drug-likeness (QED) is 0.272. The van der Waals surface area contributed by atoms with Gasteiger partial charge in [-0.15, -0.1) is 0 Å². The van der Waals surface area contributed by atoms with Gasteiger partial charge >= 0.3 is 0 Å². The minimum atomic E-state index is 0. The van der Waals surface area contributed by atoms with Crippen molar-refractivity contribution < 1.29 is 9.47 Å². The summed E-state index contributed by atoms with van der Waals surface area (Å²) in [4.78, 5) is 19.2. The summed E-state index contributed by atoms with van der Waals surface area (Å²) in [6, 6.07) is 0. The average Bonchev–Trinajstić information content (AvgIpc) is 3.94. The fourth-order valence-electron chi connectivity index (χ4n) is 8.81. The molecule has 6 aliphatic rings. The van der Waals surface area contributed by atoms with Crippen molar-refractivity contribution in [2.75, 3.05) is 39.5 Å². The molecule has 0 amide bonds. The molecule has 4 aromatic heterocycles. The van der Waals surface area contributed by atoms with Crippen molar-refractivity contribution in [1.29, 1.82) is 0 Å². The largest absolute Gasteiger partial charge is 0.381 e. The molecule has 1 unspecified atom stereocenters. The van der Waals surface area contributed by atoms with Crippen molar-refractivity contribution in [3.05, 3.63) is 71.1 Å². The summed E-state index contributed by atoms with van der Waals surface area (Å²) in [5.41, 5.74) is 12.5. The SMILES string of the molecule is C.C1=C(C2CCOCC2)c2c(ncc3nc(C4CCCC4)cn23)C1.C1=C(C2CCOCC2)c2c(ncc3nc(C4CCNC4)cn23)C1. The molecule has 10 rings (SSSR count). The highest BCUT2D eigenvalue weighted by Gasteiger charge is 2.30. The predicted octanol–water partition coefficient (Wildman–Crippen LogP) is 6.56. The first kappa shape index (κ1) is 30.9. The molecular formula is C38H49N7O2. The maximum atomic E-state index is 5.54. The summed E-state index contributed by atoms with van der Waals surface area (Å²) in [5, 5.41) is 3.44. The molecule has 0 aromatic carbocycles. The van der Waals surface area contributed by atoms with E-state index in [9.17, 15) is 0 Å². The molecule has 9 heteroatoms. The van der Waals surface area contributed by atoms with Crippen LogP contribution < -0.4 is 5.32 Å². The van der Waals surface area contributed by atoms with E-state index in [2.05, 4.69) is 38.7 Å². The van der Waals surface area contributed by atoms with E-state index in [0.29, 0.717) is 23.7 Å². The molecule has 248 valence electrons. The third kappa shape index (κ3) is 5.74. The Morgan fingerprint density at radius 2 is 1.13 bits per heavy atom. The highest BCUT2D eigenvalue weighted by molar-refractivity contribution is 5.74. The molecule has 0 radical (unpaired) electrons. The van der Waals surface area contributed by atoms with E-state index in [1.807, 2.05) is 12.4 Å². The van der Waals surface area contributed by atoms with Gasteiger partial charge in [0.05, 0.1) is 46.6 Å². The smallest absolute Gasteiger partial charge is 0.156 e. The molecule has 1 atom stereocenters. The molecule has 1 saturated carbocycles. The monoisotopic (exact) mass is 635 g/mol. The number of nitrogens with one attached hydrogen (secondary N) is 1. The fourth-order valence-corrected chi connectivity index (χ4v) is 8.81. The third-order valence-corrected chi connectivity index (χ3v) is 11.4. The van der Waals surface area contributed by atoms with Gasteiger partial charge in [-0.2, -0.15) is 0 Å². The van der Waals surface area contributed by atoms with Gasteiger partial charge in [-0.3, -0.25) is 18.8 Å². The van der Waals surface area contributed by atoms with Crippen molar-refractivity contribution in [3.63, 3.8) is 0 Å². The van der Waals surface area contributed by atoms with Crippen molar-refractivity contribution in [2.45, 2.75) is 89.9 Å². The van der Waals surface area contributed by atoms with E-state index >= 15 is 0 Å². The lowest BCUT2D eigenvalue weighted by Gasteiger charge is -2.24. The summed E-state index contributed by atoms with van der Waals surface area (Å²) in [7, 11) is 0. The molecule has 3 aliphatic carbocycles. The Morgan fingerprint density at radius 3 is 1.62 bits per heavy atom. The van der Waals surface area contributed by atoms with Crippen molar-refractivity contribution in [2.24, 2.45) is 11.8 Å². The van der Waals surface area contributed by atoms with E-state index in [4.69, 9.17) is 29.4 Å². The standard InChI is InChI=1S/C19H23N3O.C18H22N4O.CH4/c1-2-4-14(3-1)17-12-22-18(21-17)11-20-16-6-5-15(19(16)22)13-7-9-23-10-8-13;1-2-15-18(14(1)12-4-7-23-8-5-12)22-11-16(13-3-6-19-9-13)21-17(22)10-20-15;/h5,11-14H,1-4,6-10H2;1,10-13,19H,2-9H2;1H4. The number of hydrogen-bond acceptors (Lipinski definition) is 7. The highest BCUT2D eigenvalue weighted by atomic mass is 16.5. The van der Waals surface area contributed by atoms with E-state index < -0.39 is 0 Å². The molecule has 3 aliphatic heterocycles. The van der Waals surface area contributed by atoms with Gasteiger partial charge in [-0.1, -0.05) is 32.4 Å². The molecule has 0 spiro atoms. The molecule has 9 nitrogen and oxygen atoms in total. The average molecular weight is 636 g/mol. The molecule has 47 heavy (non-hydrogen) atoms. The first-order valence-corrected chi connectivity index (χ1v) is 17.8. The van der Waals surface area contributed by atoms with Crippen molar-refractivity contribution in [1.82, 2.24) is 34.1 Å². The number of rotatable bonds is 4. The maximum Gasteiger partial charge on any atom is 0.156 e. The fraction of sp³-hybridized carbons (Fsp3) is 0.579. The second-order valence-corrected chi connectivity index (χ2v) is 14.1. The zero-order chi connectivity index (χ0) is 30.5. The minimum Gasteiger partial charge on any atom is -0.381 e. The Kier molecular flexibility index (Phi) is 8.71. The lowest BCUT2D eigenvalue weighted by molar-refractivity contribution is 0.0806. The topological polar surface area (TPSA) is 90.9 Å². The van der Waals surface area contributed by atoms with Crippen LogP contribution in [0, 0.1) is 11.8 Å². The van der Waals surface area contributed by atoms with Gasteiger partial charge in [0.25, 0.3) is 0 Å². The van der Waals surface area contributed by atoms with Crippen LogP contribution >= 0.6 is 0 Å². The maximum absolute atomic E-state index is 5.54. The van der Waals surface area contributed by atoms with E-state index in [1.54, 1.807) is 0 Å². The van der Waals surface area contributed by atoms with Gasteiger partial charge in [0.1, 0.15) is 0 Å². The van der Waals surface area contributed by atoms with Crippen LogP contribution in [-0.2, 0) is 22.3 Å². The lowest BCUT2D eigenvalue weighted by atomic mass is 9.90. The normalized spacial score (nSPS) is 23.4. The van der Waals surface area contributed by atoms with Crippen LogP contribution in [0.1, 0.15) is 111 Å². The van der Waals surface area contributed by atoms with Gasteiger partial charge in [0.15, 0.2) is 11.3 Å². The van der Waals surface area contributed by atoms with Gasteiger partial charge in [0.2, 0.25) is 0 Å². The number of fused-ring (bicyclic) bond motifs is 6.